The van der Waals surface area contributed by atoms with Gasteiger partial charge in [-0.3, -0.25) is 0 Å². The zero-order chi connectivity index (χ0) is 14.3. The first-order valence-corrected chi connectivity index (χ1v) is 7.16. The average molecular weight is 331 g/mol. The molecule has 5 heteroatoms. The normalized spacial score (nSPS) is 11.0. The highest BCUT2D eigenvalue weighted by Crippen LogP contribution is 2.28. The molecule has 102 valence electrons. The molecule has 0 unspecified atom stereocenters. The zero-order valence-corrected chi connectivity index (χ0v) is 13.2. The van der Waals surface area contributed by atoms with Crippen molar-refractivity contribution in [3.63, 3.8) is 0 Å². The molecule has 0 saturated heterocycles. The molecule has 0 radical (unpaired) electrons. The van der Waals surface area contributed by atoms with E-state index in [1.54, 1.807) is 0 Å². The Bertz CT molecular complexity index is 779. The van der Waals surface area contributed by atoms with Crippen LogP contribution in [0.5, 0.6) is 0 Å². The summed E-state index contributed by atoms with van der Waals surface area (Å²) in [6.45, 7) is 4.02. The van der Waals surface area contributed by atoms with Crippen LogP contribution in [-0.4, -0.2) is 22.0 Å². The number of nitrogens with one attached hydrogen (secondary N) is 1. The molecule has 1 N–H and O–H groups in total. The largest absolute Gasteiger partial charge is 0.342 e. The van der Waals surface area contributed by atoms with Crippen molar-refractivity contribution in [1.29, 1.82) is 0 Å². The third kappa shape index (κ3) is 2.29. The number of anilines is 2. The van der Waals surface area contributed by atoms with Gasteiger partial charge in [-0.05, 0) is 59.6 Å². The number of aryl methyl sites for hydroxylation is 2. The van der Waals surface area contributed by atoms with Crippen molar-refractivity contribution < 1.29 is 0 Å². The molecule has 0 aliphatic rings. The number of benzene rings is 1. The average Bonchev–Trinajstić information content (AvgIpc) is 2.77. The van der Waals surface area contributed by atoms with E-state index in [4.69, 9.17) is 0 Å². The molecule has 3 rings (SSSR count). The van der Waals surface area contributed by atoms with Crippen LogP contribution in [0.15, 0.2) is 34.9 Å². The number of aromatic nitrogens is 3. The maximum Gasteiger partial charge on any atom is 0.135 e. The third-order valence-corrected chi connectivity index (χ3v) is 3.74. The van der Waals surface area contributed by atoms with Crippen LogP contribution in [0, 0.1) is 13.8 Å². The summed E-state index contributed by atoms with van der Waals surface area (Å²) in [6.07, 6.45) is 1.82. The van der Waals surface area contributed by atoms with Crippen molar-refractivity contribution in [2.45, 2.75) is 13.8 Å². The Balaban J connectivity index is 2.04. The molecule has 0 atom stereocenters. The van der Waals surface area contributed by atoms with E-state index in [2.05, 4.69) is 60.9 Å². The van der Waals surface area contributed by atoms with Crippen LogP contribution in [0.25, 0.3) is 11.0 Å². The molecule has 3 aromatic rings. The van der Waals surface area contributed by atoms with Crippen molar-refractivity contribution in [2.24, 2.45) is 0 Å². The molecule has 2 heterocycles. The van der Waals surface area contributed by atoms with E-state index < -0.39 is 0 Å². The Labute approximate surface area is 126 Å². The lowest BCUT2D eigenvalue weighted by Gasteiger charge is -2.20. The number of aromatic amines is 1. The number of pyridine rings is 1. The topological polar surface area (TPSA) is 44.8 Å². The quantitative estimate of drug-likeness (QED) is 0.769. The van der Waals surface area contributed by atoms with Gasteiger partial charge in [-0.2, -0.15) is 0 Å². The molecule has 1 aromatic carbocycles. The molecule has 0 bridgehead atoms. The minimum absolute atomic E-state index is 0.928. The van der Waals surface area contributed by atoms with Gasteiger partial charge in [0.2, 0.25) is 0 Å². The van der Waals surface area contributed by atoms with Gasteiger partial charge in [0.15, 0.2) is 0 Å². The van der Waals surface area contributed by atoms with Gasteiger partial charge in [0.05, 0.1) is 11.0 Å². The molecule has 0 fully saturated rings. The summed E-state index contributed by atoms with van der Waals surface area (Å²) < 4.78 is 0.992. The van der Waals surface area contributed by atoms with Crippen LogP contribution in [0.2, 0.25) is 0 Å². The van der Waals surface area contributed by atoms with Crippen LogP contribution in [0.4, 0.5) is 11.5 Å². The molecule has 0 aliphatic heterocycles. The summed E-state index contributed by atoms with van der Waals surface area (Å²) in [7, 11) is 2.02. The first kappa shape index (κ1) is 13.1. The van der Waals surface area contributed by atoms with Gasteiger partial charge in [0.1, 0.15) is 11.6 Å². The van der Waals surface area contributed by atoms with Gasteiger partial charge in [-0.15, -0.1) is 0 Å². The van der Waals surface area contributed by atoms with Crippen molar-refractivity contribution in [3.8, 4) is 0 Å². The standard InChI is InChI=1S/C15H15BrN4/c1-9-6-11(16)8-17-15(9)20(3)12-4-5-13-14(7-12)19-10(2)18-13/h4-8H,1-3H3,(H,18,19). The minimum atomic E-state index is 0.928. The highest BCUT2D eigenvalue weighted by molar-refractivity contribution is 9.10. The van der Waals surface area contributed by atoms with Crippen molar-refractivity contribution in [3.05, 3.63) is 46.3 Å². The first-order chi connectivity index (χ1) is 9.54. The number of fused-ring (bicyclic) bond motifs is 1. The number of nitrogens with zero attached hydrogens (tertiary/aromatic N) is 3. The van der Waals surface area contributed by atoms with E-state index >= 15 is 0 Å². The molecule has 0 aliphatic carbocycles. The summed E-state index contributed by atoms with van der Waals surface area (Å²) >= 11 is 3.44. The van der Waals surface area contributed by atoms with Crippen molar-refractivity contribution in [2.75, 3.05) is 11.9 Å². The lowest BCUT2D eigenvalue weighted by molar-refractivity contribution is 1.10. The predicted octanol–water partition coefficient (Wildman–Crippen LogP) is 4.11. The van der Waals surface area contributed by atoms with Crippen LogP contribution in [0.3, 0.4) is 0 Å². The van der Waals surface area contributed by atoms with Crippen LogP contribution < -0.4 is 4.90 Å². The number of halogens is 1. The van der Waals surface area contributed by atoms with E-state index in [9.17, 15) is 0 Å². The maximum atomic E-state index is 4.49. The number of H-pyrrole nitrogens is 1. The Morgan fingerprint density at radius 3 is 2.75 bits per heavy atom. The Morgan fingerprint density at radius 1 is 1.20 bits per heavy atom. The van der Waals surface area contributed by atoms with Gasteiger partial charge >= 0.3 is 0 Å². The Kier molecular flexibility index (Phi) is 3.22. The Hall–Kier alpha value is -1.88. The number of imidazole rings is 1. The van der Waals surface area contributed by atoms with Crippen molar-refractivity contribution >= 4 is 38.5 Å². The van der Waals surface area contributed by atoms with E-state index in [-0.39, 0.29) is 0 Å². The smallest absolute Gasteiger partial charge is 0.135 e. The van der Waals surface area contributed by atoms with Crippen LogP contribution in [-0.2, 0) is 0 Å². The van der Waals surface area contributed by atoms with Gasteiger partial charge in [-0.25, -0.2) is 9.97 Å². The highest BCUT2D eigenvalue weighted by Gasteiger charge is 2.10. The number of rotatable bonds is 2. The zero-order valence-electron chi connectivity index (χ0n) is 11.6. The van der Waals surface area contributed by atoms with Crippen LogP contribution in [0.1, 0.15) is 11.4 Å². The van der Waals surface area contributed by atoms with E-state index in [1.807, 2.05) is 26.2 Å². The number of hydrogen-bond donors (Lipinski definition) is 1. The third-order valence-electron chi connectivity index (χ3n) is 3.31. The minimum Gasteiger partial charge on any atom is -0.342 e. The van der Waals surface area contributed by atoms with Gasteiger partial charge in [0.25, 0.3) is 0 Å². The molecule has 2 aromatic heterocycles. The molecule has 0 amide bonds. The molecule has 0 saturated carbocycles. The Morgan fingerprint density at radius 2 is 2.00 bits per heavy atom. The molecular weight excluding hydrogens is 316 g/mol. The summed E-state index contributed by atoms with van der Waals surface area (Å²) in [5, 5.41) is 0. The summed E-state index contributed by atoms with van der Waals surface area (Å²) in [5.41, 5.74) is 4.24. The fourth-order valence-electron chi connectivity index (χ4n) is 2.34. The molecule has 20 heavy (non-hydrogen) atoms. The molecule has 0 spiro atoms. The SMILES string of the molecule is Cc1nc2ccc(N(C)c3ncc(Br)cc3C)cc2[nH]1. The first-order valence-electron chi connectivity index (χ1n) is 6.37. The monoisotopic (exact) mass is 330 g/mol. The van der Waals surface area contributed by atoms with Gasteiger partial charge in [-0.1, -0.05) is 0 Å². The summed E-state index contributed by atoms with van der Waals surface area (Å²) in [4.78, 5) is 14.3. The molecular formula is C15H15BrN4. The van der Waals surface area contributed by atoms with E-state index in [1.165, 1.54) is 0 Å². The van der Waals surface area contributed by atoms with E-state index in [0.717, 1.165) is 38.4 Å². The molecule has 4 nitrogen and oxygen atoms in total. The lowest BCUT2D eigenvalue weighted by atomic mass is 10.2. The highest BCUT2D eigenvalue weighted by atomic mass is 79.9. The lowest BCUT2D eigenvalue weighted by Crippen LogP contribution is -2.12. The van der Waals surface area contributed by atoms with Crippen LogP contribution >= 0.6 is 15.9 Å². The fourth-order valence-corrected chi connectivity index (χ4v) is 2.79. The predicted molar refractivity (Wildman–Crippen MR) is 85.6 cm³/mol. The second kappa shape index (κ2) is 4.90. The van der Waals surface area contributed by atoms with Gasteiger partial charge in [0, 0.05) is 23.4 Å². The second-order valence-electron chi connectivity index (χ2n) is 4.88. The second-order valence-corrected chi connectivity index (χ2v) is 5.79. The number of hydrogen-bond acceptors (Lipinski definition) is 3. The van der Waals surface area contributed by atoms with Gasteiger partial charge < -0.3 is 9.88 Å². The van der Waals surface area contributed by atoms with E-state index in [0.29, 0.717) is 0 Å². The van der Waals surface area contributed by atoms with Crippen molar-refractivity contribution in [1.82, 2.24) is 15.0 Å². The fraction of sp³-hybridized carbons (Fsp3) is 0.200. The summed E-state index contributed by atoms with van der Waals surface area (Å²) in [6, 6.07) is 8.25. The summed E-state index contributed by atoms with van der Waals surface area (Å²) in [5.74, 6) is 1.88. The maximum absolute atomic E-state index is 4.49.